The molecular formula is C16H18N2O2S. The molecule has 21 heavy (non-hydrogen) atoms. The largest absolute Gasteiger partial charge is 0.372 e. The van der Waals surface area contributed by atoms with Gasteiger partial charge in [0.1, 0.15) is 0 Å². The van der Waals surface area contributed by atoms with Crippen LogP contribution in [0.4, 0.5) is 5.00 Å². The van der Waals surface area contributed by atoms with Crippen LogP contribution in [0, 0.1) is 10.1 Å². The fraction of sp³-hybridized carbons (Fsp3) is 0.250. The minimum atomic E-state index is -0.346. The number of thiophene rings is 1. The third-order valence-corrected chi connectivity index (χ3v) is 4.23. The second kappa shape index (κ2) is 7.04. The number of hydrogen-bond donors (Lipinski definition) is 0. The first kappa shape index (κ1) is 15.3. The van der Waals surface area contributed by atoms with Crippen molar-refractivity contribution in [2.24, 2.45) is 0 Å². The van der Waals surface area contributed by atoms with Crippen LogP contribution >= 0.6 is 11.3 Å². The summed E-state index contributed by atoms with van der Waals surface area (Å²) in [7, 11) is 0. The SMILES string of the molecule is CCN(CC)/C(=C/c1ccc([N+](=O)[O-])s1)c1ccccc1. The zero-order chi connectivity index (χ0) is 15.2. The van der Waals surface area contributed by atoms with Crippen molar-refractivity contribution in [3.63, 3.8) is 0 Å². The molecule has 0 saturated heterocycles. The lowest BCUT2D eigenvalue weighted by atomic mass is 10.1. The van der Waals surface area contributed by atoms with E-state index in [0.29, 0.717) is 0 Å². The molecular weight excluding hydrogens is 284 g/mol. The lowest BCUT2D eigenvalue weighted by Crippen LogP contribution is -2.21. The van der Waals surface area contributed by atoms with Crippen molar-refractivity contribution in [3.05, 3.63) is 63.0 Å². The molecule has 0 radical (unpaired) electrons. The lowest BCUT2D eigenvalue weighted by Gasteiger charge is -2.24. The van der Waals surface area contributed by atoms with Crippen molar-refractivity contribution < 1.29 is 4.92 Å². The molecule has 0 aliphatic heterocycles. The van der Waals surface area contributed by atoms with E-state index in [1.807, 2.05) is 24.3 Å². The predicted octanol–water partition coefficient (Wildman–Crippen LogP) is 4.50. The average Bonchev–Trinajstić information content (AvgIpc) is 2.97. The highest BCUT2D eigenvalue weighted by Gasteiger charge is 2.12. The number of nitrogens with zero attached hydrogens (tertiary/aromatic N) is 2. The Balaban J connectivity index is 2.43. The summed E-state index contributed by atoms with van der Waals surface area (Å²) in [5, 5.41) is 11.0. The van der Waals surface area contributed by atoms with Crippen LogP contribution < -0.4 is 0 Å². The van der Waals surface area contributed by atoms with Crippen molar-refractivity contribution in [3.8, 4) is 0 Å². The van der Waals surface area contributed by atoms with Crippen LogP contribution in [0.1, 0.15) is 24.3 Å². The molecule has 0 bridgehead atoms. The molecule has 0 spiro atoms. The zero-order valence-electron chi connectivity index (χ0n) is 12.2. The van der Waals surface area contributed by atoms with E-state index >= 15 is 0 Å². The summed E-state index contributed by atoms with van der Waals surface area (Å²) >= 11 is 1.20. The van der Waals surface area contributed by atoms with Gasteiger partial charge in [-0.3, -0.25) is 10.1 Å². The van der Waals surface area contributed by atoms with Crippen LogP contribution in [0.25, 0.3) is 11.8 Å². The van der Waals surface area contributed by atoms with E-state index in [0.717, 1.165) is 29.2 Å². The van der Waals surface area contributed by atoms with E-state index in [-0.39, 0.29) is 9.92 Å². The Morgan fingerprint density at radius 3 is 2.38 bits per heavy atom. The fourth-order valence-corrected chi connectivity index (χ4v) is 2.94. The highest BCUT2D eigenvalue weighted by Crippen LogP contribution is 2.29. The molecule has 1 heterocycles. The van der Waals surface area contributed by atoms with Gasteiger partial charge in [-0.2, -0.15) is 0 Å². The predicted molar refractivity (Wildman–Crippen MR) is 88.2 cm³/mol. The molecule has 1 aromatic heterocycles. The van der Waals surface area contributed by atoms with Crippen molar-refractivity contribution >= 4 is 28.1 Å². The molecule has 0 saturated carbocycles. The summed E-state index contributed by atoms with van der Waals surface area (Å²) in [6.45, 7) is 6.00. The summed E-state index contributed by atoms with van der Waals surface area (Å²) in [6, 6.07) is 13.5. The van der Waals surface area contributed by atoms with Crippen LogP contribution in [-0.4, -0.2) is 22.9 Å². The van der Waals surface area contributed by atoms with Crippen molar-refractivity contribution in [2.75, 3.05) is 13.1 Å². The van der Waals surface area contributed by atoms with E-state index in [1.54, 1.807) is 12.1 Å². The van der Waals surface area contributed by atoms with Gasteiger partial charge in [0.05, 0.1) is 4.92 Å². The van der Waals surface area contributed by atoms with Crippen LogP contribution in [0.5, 0.6) is 0 Å². The van der Waals surface area contributed by atoms with E-state index in [2.05, 4.69) is 30.9 Å². The molecule has 0 atom stereocenters. The summed E-state index contributed by atoms with van der Waals surface area (Å²) in [6.07, 6.45) is 2.03. The molecule has 0 unspecified atom stereocenters. The Hall–Kier alpha value is -2.14. The van der Waals surface area contributed by atoms with Gasteiger partial charge >= 0.3 is 5.00 Å². The molecule has 0 aliphatic carbocycles. The Kier molecular flexibility index (Phi) is 5.11. The summed E-state index contributed by atoms with van der Waals surface area (Å²) in [5.41, 5.74) is 2.22. The van der Waals surface area contributed by atoms with Gasteiger partial charge in [-0.05, 0) is 31.6 Å². The van der Waals surface area contributed by atoms with E-state index in [9.17, 15) is 10.1 Å². The lowest BCUT2D eigenvalue weighted by molar-refractivity contribution is -0.380. The van der Waals surface area contributed by atoms with Gasteiger partial charge in [-0.15, -0.1) is 0 Å². The van der Waals surface area contributed by atoms with E-state index in [4.69, 9.17) is 0 Å². The summed E-state index contributed by atoms with van der Waals surface area (Å²) in [4.78, 5) is 13.6. The van der Waals surface area contributed by atoms with Crippen LogP contribution in [-0.2, 0) is 0 Å². The molecule has 4 nitrogen and oxygen atoms in total. The average molecular weight is 302 g/mol. The highest BCUT2D eigenvalue weighted by atomic mass is 32.1. The zero-order valence-corrected chi connectivity index (χ0v) is 13.0. The molecule has 110 valence electrons. The van der Waals surface area contributed by atoms with Crippen LogP contribution in [0.3, 0.4) is 0 Å². The number of rotatable bonds is 6. The Morgan fingerprint density at radius 2 is 1.86 bits per heavy atom. The molecule has 1 aromatic carbocycles. The molecule has 2 rings (SSSR count). The van der Waals surface area contributed by atoms with Crippen LogP contribution in [0.2, 0.25) is 0 Å². The van der Waals surface area contributed by atoms with Gasteiger partial charge in [-0.1, -0.05) is 41.7 Å². The third-order valence-electron chi connectivity index (χ3n) is 3.25. The van der Waals surface area contributed by atoms with Gasteiger partial charge in [-0.25, -0.2) is 0 Å². The van der Waals surface area contributed by atoms with E-state index in [1.165, 1.54) is 11.3 Å². The normalized spacial score (nSPS) is 11.4. The van der Waals surface area contributed by atoms with Crippen molar-refractivity contribution in [2.45, 2.75) is 13.8 Å². The molecule has 2 aromatic rings. The monoisotopic (exact) mass is 302 g/mol. The number of nitro groups is 1. The van der Waals surface area contributed by atoms with Crippen molar-refractivity contribution in [1.29, 1.82) is 0 Å². The first-order valence-electron chi connectivity index (χ1n) is 6.92. The topological polar surface area (TPSA) is 46.4 Å². The molecule has 0 aliphatic rings. The van der Waals surface area contributed by atoms with Gasteiger partial charge in [0.2, 0.25) is 0 Å². The summed E-state index contributed by atoms with van der Waals surface area (Å²) in [5.74, 6) is 0. The Bertz CT molecular complexity index is 631. The van der Waals surface area contributed by atoms with E-state index < -0.39 is 0 Å². The molecule has 0 fully saturated rings. The molecule has 5 heteroatoms. The number of hydrogen-bond acceptors (Lipinski definition) is 4. The Morgan fingerprint density at radius 1 is 1.19 bits per heavy atom. The third kappa shape index (κ3) is 3.70. The molecule has 0 N–H and O–H groups in total. The van der Waals surface area contributed by atoms with Crippen molar-refractivity contribution in [1.82, 2.24) is 4.90 Å². The molecule has 0 amide bonds. The fourth-order valence-electron chi connectivity index (χ4n) is 2.18. The minimum Gasteiger partial charge on any atom is -0.372 e. The first-order valence-corrected chi connectivity index (χ1v) is 7.73. The van der Waals surface area contributed by atoms with Gasteiger partial charge in [0.15, 0.2) is 0 Å². The van der Waals surface area contributed by atoms with Gasteiger partial charge in [0.25, 0.3) is 0 Å². The second-order valence-electron chi connectivity index (χ2n) is 4.50. The summed E-state index contributed by atoms with van der Waals surface area (Å²) < 4.78 is 0. The Labute approximate surface area is 128 Å². The highest BCUT2D eigenvalue weighted by molar-refractivity contribution is 7.16. The minimum absolute atomic E-state index is 0.174. The standard InChI is InChI=1S/C16H18N2O2S/c1-3-17(4-2)15(13-8-6-5-7-9-13)12-14-10-11-16(21-14)18(19)20/h5-12H,3-4H2,1-2H3/b15-12+. The number of benzene rings is 1. The maximum Gasteiger partial charge on any atom is 0.324 e. The van der Waals surface area contributed by atoms with Crippen LogP contribution in [0.15, 0.2) is 42.5 Å². The quantitative estimate of drug-likeness (QED) is 0.583. The smallest absolute Gasteiger partial charge is 0.324 e. The van der Waals surface area contributed by atoms with Gasteiger partial charge in [0, 0.05) is 29.7 Å². The first-order chi connectivity index (χ1) is 10.2. The maximum absolute atomic E-state index is 10.8. The maximum atomic E-state index is 10.8. The second-order valence-corrected chi connectivity index (χ2v) is 5.59. The van der Waals surface area contributed by atoms with Gasteiger partial charge < -0.3 is 4.90 Å².